The van der Waals surface area contributed by atoms with E-state index in [-0.39, 0.29) is 10.6 Å². The molecule has 0 spiro atoms. The van der Waals surface area contributed by atoms with E-state index in [0.29, 0.717) is 10.8 Å². The molecule has 0 aliphatic carbocycles. The maximum atomic E-state index is 11.0. The number of phenolic OH excluding ortho intramolecular Hbond substituents is 1. The summed E-state index contributed by atoms with van der Waals surface area (Å²) in [6.45, 7) is 0. The molecule has 4 N–H and O–H groups in total. The lowest BCUT2D eigenvalue weighted by molar-refractivity contribution is 0.476. The zero-order valence-electron chi connectivity index (χ0n) is 11.5. The quantitative estimate of drug-likeness (QED) is 0.473. The van der Waals surface area contributed by atoms with Crippen molar-refractivity contribution in [3.63, 3.8) is 0 Å². The number of fused-ring (bicyclic) bond motifs is 1. The Balaban J connectivity index is 0.000000211. The molecule has 3 aromatic carbocycles. The molecule has 0 aliphatic rings. The van der Waals surface area contributed by atoms with Crippen LogP contribution in [0.1, 0.15) is 0 Å². The molecule has 0 atom stereocenters. The zero-order valence-corrected chi connectivity index (χ0v) is 12.4. The molecule has 0 fully saturated rings. The largest absolute Gasteiger partial charge is 0.508 e. The van der Waals surface area contributed by atoms with Crippen molar-refractivity contribution in [3.05, 3.63) is 66.7 Å². The van der Waals surface area contributed by atoms with Crippen LogP contribution in [0.25, 0.3) is 10.8 Å². The highest BCUT2D eigenvalue weighted by molar-refractivity contribution is 7.86. The molecule has 0 unspecified atom stereocenters. The summed E-state index contributed by atoms with van der Waals surface area (Å²) >= 11 is 0. The second kappa shape index (κ2) is 6.46. The minimum Gasteiger partial charge on any atom is -0.508 e. The predicted molar refractivity (Wildman–Crippen MR) is 86.3 cm³/mol. The molecule has 6 heteroatoms. The van der Waals surface area contributed by atoms with Gasteiger partial charge in [0.15, 0.2) is 0 Å². The molecule has 0 aromatic heterocycles. The van der Waals surface area contributed by atoms with Gasteiger partial charge in [-0.2, -0.15) is 8.42 Å². The third-order valence-electron chi connectivity index (χ3n) is 2.90. The number of phenols is 1. The molecule has 0 saturated carbocycles. The van der Waals surface area contributed by atoms with Gasteiger partial charge in [-0.15, -0.1) is 0 Å². The third kappa shape index (κ3) is 3.97. The molecular formula is C16H15NO4S. The summed E-state index contributed by atoms with van der Waals surface area (Å²) in [6, 6.07) is 18.3. The molecule has 0 bridgehead atoms. The molecule has 114 valence electrons. The van der Waals surface area contributed by atoms with Gasteiger partial charge in [-0.1, -0.05) is 36.4 Å². The van der Waals surface area contributed by atoms with Crippen molar-refractivity contribution in [2.24, 2.45) is 0 Å². The van der Waals surface area contributed by atoms with Crippen LogP contribution in [0.5, 0.6) is 5.75 Å². The highest BCUT2D eigenvalue weighted by Crippen LogP contribution is 2.26. The Bertz CT molecular complexity index is 877. The fraction of sp³-hybridized carbons (Fsp3) is 0. The second-order valence-electron chi connectivity index (χ2n) is 4.55. The Labute approximate surface area is 128 Å². The third-order valence-corrected chi connectivity index (χ3v) is 3.82. The summed E-state index contributed by atoms with van der Waals surface area (Å²) in [5.74, 6) is -0.0430. The monoisotopic (exact) mass is 317 g/mol. The molecule has 0 radical (unpaired) electrons. The van der Waals surface area contributed by atoms with Gasteiger partial charge in [-0.25, -0.2) is 0 Å². The van der Waals surface area contributed by atoms with Gasteiger partial charge >= 0.3 is 0 Å². The first kappa shape index (κ1) is 15.8. The topological polar surface area (TPSA) is 101 Å². The van der Waals surface area contributed by atoms with Gasteiger partial charge in [-0.3, -0.25) is 4.55 Å². The van der Waals surface area contributed by atoms with E-state index in [1.54, 1.807) is 12.1 Å². The summed E-state index contributed by atoms with van der Waals surface area (Å²) in [5.41, 5.74) is 6.18. The first-order valence-corrected chi connectivity index (χ1v) is 7.82. The smallest absolute Gasteiger partial charge is 0.295 e. The number of rotatable bonds is 1. The van der Waals surface area contributed by atoms with Crippen LogP contribution in [0, 0.1) is 0 Å². The van der Waals surface area contributed by atoms with Crippen molar-refractivity contribution >= 4 is 26.6 Å². The Morgan fingerprint density at radius 1 is 0.864 bits per heavy atom. The van der Waals surface area contributed by atoms with Crippen LogP contribution in [-0.2, 0) is 10.1 Å². The van der Waals surface area contributed by atoms with Gasteiger partial charge in [0.2, 0.25) is 0 Å². The summed E-state index contributed by atoms with van der Waals surface area (Å²) in [6.07, 6.45) is 0. The first-order chi connectivity index (χ1) is 10.4. The van der Waals surface area contributed by atoms with Crippen molar-refractivity contribution in [2.45, 2.75) is 4.90 Å². The fourth-order valence-electron chi connectivity index (χ4n) is 1.91. The highest BCUT2D eigenvalue weighted by Gasteiger charge is 2.13. The molecule has 5 nitrogen and oxygen atoms in total. The summed E-state index contributed by atoms with van der Waals surface area (Å²) < 4.78 is 31.0. The predicted octanol–water partition coefficient (Wildman–Crippen LogP) is 3.06. The van der Waals surface area contributed by atoms with Gasteiger partial charge < -0.3 is 10.8 Å². The van der Waals surface area contributed by atoms with Gasteiger partial charge in [0.25, 0.3) is 10.1 Å². The SMILES string of the molecule is Nc1ccccc1.O=S(=O)(O)c1cccc2ccc(O)cc12. The molecule has 3 rings (SSSR count). The number of nitrogens with two attached hydrogens (primary N) is 1. The van der Waals surface area contributed by atoms with Crippen LogP contribution in [0.3, 0.4) is 0 Å². The van der Waals surface area contributed by atoms with Crippen molar-refractivity contribution in [2.75, 3.05) is 5.73 Å². The first-order valence-electron chi connectivity index (χ1n) is 6.38. The number of hydrogen-bond acceptors (Lipinski definition) is 4. The number of para-hydroxylation sites is 1. The van der Waals surface area contributed by atoms with Crippen LogP contribution in [0.4, 0.5) is 5.69 Å². The van der Waals surface area contributed by atoms with E-state index in [1.165, 1.54) is 24.3 Å². The minimum atomic E-state index is -4.26. The summed E-state index contributed by atoms with van der Waals surface area (Å²) in [5, 5.41) is 10.2. The van der Waals surface area contributed by atoms with Crippen LogP contribution in [0.15, 0.2) is 71.6 Å². The normalized spacial score (nSPS) is 10.8. The summed E-state index contributed by atoms with van der Waals surface area (Å²) in [7, 11) is -4.26. The molecule has 22 heavy (non-hydrogen) atoms. The number of nitrogen functional groups attached to an aromatic ring is 1. The van der Waals surface area contributed by atoms with E-state index in [4.69, 9.17) is 10.3 Å². The Hall–Kier alpha value is -2.57. The lowest BCUT2D eigenvalue weighted by Crippen LogP contribution is -1.98. The molecule has 0 amide bonds. The van der Waals surface area contributed by atoms with E-state index in [1.807, 2.05) is 30.3 Å². The molecule has 0 saturated heterocycles. The fourth-order valence-corrected chi connectivity index (χ4v) is 2.62. The molecule has 0 aliphatic heterocycles. The molecule has 3 aromatic rings. The van der Waals surface area contributed by atoms with Gasteiger partial charge in [-0.05, 0) is 35.7 Å². The minimum absolute atomic E-state index is 0.0430. The van der Waals surface area contributed by atoms with Crippen molar-refractivity contribution in [1.29, 1.82) is 0 Å². The lowest BCUT2D eigenvalue weighted by Gasteiger charge is -2.03. The molecular weight excluding hydrogens is 302 g/mol. The van der Waals surface area contributed by atoms with E-state index < -0.39 is 10.1 Å². The van der Waals surface area contributed by atoms with Crippen LogP contribution in [-0.4, -0.2) is 18.1 Å². The van der Waals surface area contributed by atoms with Crippen LogP contribution in [0.2, 0.25) is 0 Å². The maximum absolute atomic E-state index is 11.0. The Morgan fingerprint density at radius 2 is 1.55 bits per heavy atom. The average Bonchev–Trinajstić information content (AvgIpc) is 2.47. The Morgan fingerprint density at radius 3 is 2.09 bits per heavy atom. The summed E-state index contributed by atoms with van der Waals surface area (Å²) in [4.78, 5) is -0.198. The van der Waals surface area contributed by atoms with E-state index >= 15 is 0 Å². The van der Waals surface area contributed by atoms with Crippen LogP contribution >= 0.6 is 0 Å². The number of anilines is 1. The van der Waals surface area contributed by atoms with Crippen molar-refractivity contribution < 1.29 is 18.1 Å². The standard InChI is InChI=1S/C10H8O4S.C6H7N/c11-8-5-4-7-2-1-3-10(9(7)6-8)15(12,13)14;7-6-4-2-1-3-5-6/h1-6,11H,(H,12,13,14);1-5H,7H2. The zero-order chi connectivity index (χ0) is 16.2. The maximum Gasteiger partial charge on any atom is 0.295 e. The highest BCUT2D eigenvalue weighted by atomic mass is 32.2. The number of benzene rings is 3. The van der Waals surface area contributed by atoms with E-state index in [9.17, 15) is 13.5 Å². The number of aromatic hydroxyl groups is 1. The van der Waals surface area contributed by atoms with Crippen molar-refractivity contribution in [3.8, 4) is 5.75 Å². The van der Waals surface area contributed by atoms with Gasteiger partial charge in [0.05, 0.1) is 0 Å². The van der Waals surface area contributed by atoms with Gasteiger partial charge in [0, 0.05) is 11.1 Å². The van der Waals surface area contributed by atoms with E-state index in [2.05, 4.69) is 0 Å². The Kier molecular flexibility index (Phi) is 4.65. The van der Waals surface area contributed by atoms with Crippen molar-refractivity contribution in [1.82, 2.24) is 0 Å². The van der Waals surface area contributed by atoms with Gasteiger partial charge in [0.1, 0.15) is 10.6 Å². The average molecular weight is 317 g/mol. The van der Waals surface area contributed by atoms with Crippen LogP contribution < -0.4 is 5.73 Å². The second-order valence-corrected chi connectivity index (χ2v) is 5.94. The molecule has 0 heterocycles. The lowest BCUT2D eigenvalue weighted by atomic mass is 10.1. The number of hydrogen-bond donors (Lipinski definition) is 3. The van der Waals surface area contributed by atoms with E-state index in [0.717, 1.165) is 5.69 Å².